The summed E-state index contributed by atoms with van der Waals surface area (Å²) in [5.41, 5.74) is 2.26. The Morgan fingerprint density at radius 1 is 1.43 bits per heavy atom. The summed E-state index contributed by atoms with van der Waals surface area (Å²) in [6, 6.07) is 5.77. The van der Waals surface area contributed by atoms with Crippen molar-refractivity contribution in [2.24, 2.45) is 11.8 Å². The first kappa shape index (κ1) is 14.4. The van der Waals surface area contributed by atoms with E-state index in [2.05, 4.69) is 17.9 Å². The Kier molecular flexibility index (Phi) is 3.89. The molecule has 3 rings (SSSR count). The number of hydrogen-bond acceptors (Lipinski definition) is 3. The molecule has 1 aliphatic carbocycles. The molecule has 0 aromatic heterocycles. The van der Waals surface area contributed by atoms with Gasteiger partial charge in [0.05, 0.1) is 7.11 Å². The Hall–Kier alpha value is -1.55. The van der Waals surface area contributed by atoms with Crippen molar-refractivity contribution in [1.29, 1.82) is 0 Å². The number of ether oxygens (including phenoxy) is 1. The topological polar surface area (TPSA) is 49.8 Å². The Bertz CT molecular complexity index is 543. The minimum atomic E-state index is -0.670. The van der Waals surface area contributed by atoms with Crippen LogP contribution in [0.1, 0.15) is 30.4 Å². The van der Waals surface area contributed by atoms with Crippen LogP contribution in [0.2, 0.25) is 0 Å². The number of aliphatic carboxylic acids is 1. The molecule has 3 atom stereocenters. The summed E-state index contributed by atoms with van der Waals surface area (Å²) in [6.07, 6.45) is 3.42. The third-order valence-electron chi connectivity index (χ3n) is 5.05. The van der Waals surface area contributed by atoms with E-state index in [0.29, 0.717) is 18.4 Å². The normalized spacial score (nSPS) is 28.6. The number of nitrogens with zero attached hydrogens (tertiary/aromatic N) is 1. The fourth-order valence-corrected chi connectivity index (χ4v) is 4.15. The fourth-order valence-electron chi connectivity index (χ4n) is 4.15. The number of carboxylic acid groups (broad SMARTS) is 1. The largest absolute Gasteiger partial charge is 0.496 e. The number of rotatable bonds is 4. The van der Waals surface area contributed by atoms with E-state index in [1.807, 2.05) is 12.1 Å². The van der Waals surface area contributed by atoms with E-state index >= 15 is 0 Å². The maximum atomic E-state index is 11.7. The van der Waals surface area contributed by atoms with E-state index in [1.54, 1.807) is 7.11 Å². The molecule has 3 unspecified atom stereocenters. The number of likely N-dealkylation sites (tertiary alicyclic amines) is 1. The minimum Gasteiger partial charge on any atom is -0.496 e. The van der Waals surface area contributed by atoms with Crippen LogP contribution in [0.3, 0.4) is 0 Å². The van der Waals surface area contributed by atoms with Crippen molar-refractivity contribution in [3.05, 3.63) is 29.3 Å². The third-order valence-corrected chi connectivity index (χ3v) is 5.05. The summed E-state index contributed by atoms with van der Waals surface area (Å²) in [7, 11) is 1.67. The van der Waals surface area contributed by atoms with Gasteiger partial charge < -0.3 is 9.84 Å². The molecule has 0 spiro atoms. The number of aryl methyl sites for hydroxylation is 1. The monoisotopic (exact) mass is 289 g/mol. The maximum absolute atomic E-state index is 11.7. The Morgan fingerprint density at radius 3 is 2.95 bits per heavy atom. The van der Waals surface area contributed by atoms with Gasteiger partial charge in [-0.1, -0.05) is 24.1 Å². The molecule has 1 aliphatic heterocycles. The van der Waals surface area contributed by atoms with Gasteiger partial charge in [-0.25, -0.2) is 0 Å². The van der Waals surface area contributed by atoms with Crippen LogP contribution in [-0.2, 0) is 11.3 Å². The summed E-state index contributed by atoms with van der Waals surface area (Å²) in [5, 5.41) is 9.62. The van der Waals surface area contributed by atoms with Gasteiger partial charge in [0.2, 0.25) is 0 Å². The van der Waals surface area contributed by atoms with Gasteiger partial charge in [0.15, 0.2) is 0 Å². The zero-order valence-corrected chi connectivity index (χ0v) is 12.7. The Morgan fingerprint density at radius 2 is 2.24 bits per heavy atom. The number of fused-ring (bicyclic) bond motifs is 1. The van der Waals surface area contributed by atoms with Crippen molar-refractivity contribution >= 4 is 5.97 Å². The van der Waals surface area contributed by atoms with E-state index in [4.69, 9.17) is 4.74 Å². The zero-order chi connectivity index (χ0) is 15.0. The second-order valence-corrected chi connectivity index (χ2v) is 6.38. The highest BCUT2D eigenvalue weighted by Crippen LogP contribution is 2.43. The standard InChI is InChI=1S/C17H23NO3/c1-11-6-7-15(21-2)13(8-11)10-18-9-12-4-3-5-14(12)16(18)17(19)20/h6-8,12,14,16H,3-5,9-10H2,1-2H3,(H,19,20). The number of carbonyl (C=O) groups is 1. The van der Waals surface area contributed by atoms with Gasteiger partial charge in [-0.3, -0.25) is 9.69 Å². The Balaban J connectivity index is 1.84. The van der Waals surface area contributed by atoms with Crippen LogP contribution in [0.25, 0.3) is 0 Å². The molecule has 0 radical (unpaired) electrons. The van der Waals surface area contributed by atoms with Crippen LogP contribution >= 0.6 is 0 Å². The molecule has 0 bridgehead atoms. The van der Waals surface area contributed by atoms with E-state index in [-0.39, 0.29) is 6.04 Å². The molecule has 21 heavy (non-hydrogen) atoms. The smallest absolute Gasteiger partial charge is 0.321 e. The summed E-state index contributed by atoms with van der Waals surface area (Å²) in [5.74, 6) is 1.07. The summed E-state index contributed by atoms with van der Waals surface area (Å²) < 4.78 is 5.43. The van der Waals surface area contributed by atoms with Crippen molar-refractivity contribution in [1.82, 2.24) is 4.90 Å². The highest BCUT2D eigenvalue weighted by Gasteiger charge is 2.47. The maximum Gasteiger partial charge on any atom is 0.321 e. The van der Waals surface area contributed by atoms with Crippen LogP contribution in [0.4, 0.5) is 0 Å². The van der Waals surface area contributed by atoms with Crippen molar-refractivity contribution in [2.75, 3.05) is 13.7 Å². The molecule has 0 amide bonds. The minimum absolute atomic E-state index is 0.331. The lowest BCUT2D eigenvalue weighted by Gasteiger charge is -2.25. The van der Waals surface area contributed by atoms with E-state index in [1.165, 1.54) is 18.4 Å². The molecule has 2 fully saturated rings. The lowest BCUT2D eigenvalue weighted by Crippen LogP contribution is -2.39. The number of carboxylic acids is 1. The molecule has 1 aromatic carbocycles. The molecular weight excluding hydrogens is 266 g/mol. The van der Waals surface area contributed by atoms with Gasteiger partial charge in [0.25, 0.3) is 0 Å². The van der Waals surface area contributed by atoms with Crippen molar-refractivity contribution < 1.29 is 14.6 Å². The number of benzene rings is 1. The van der Waals surface area contributed by atoms with Gasteiger partial charge in [-0.2, -0.15) is 0 Å². The summed E-state index contributed by atoms with van der Waals surface area (Å²) >= 11 is 0. The zero-order valence-electron chi connectivity index (χ0n) is 12.7. The lowest BCUT2D eigenvalue weighted by atomic mass is 9.94. The van der Waals surface area contributed by atoms with Crippen LogP contribution in [0.15, 0.2) is 18.2 Å². The molecule has 1 saturated heterocycles. The molecule has 1 N–H and O–H groups in total. The highest BCUT2D eigenvalue weighted by atomic mass is 16.5. The van der Waals surface area contributed by atoms with E-state index in [0.717, 1.165) is 24.3 Å². The lowest BCUT2D eigenvalue weighted by molar-refractivity contribution is -0.143. The SMILES string of the molecule is COc1ccc(C)cc1CN1CC2CCCC2C1C(=O)O. The predicted octanol–water partition coefficient (Wildman–Crippen LogP) is 2.69. The second-order valence-electron chi connectivity index (χ2n) is 6.38. The van der Waals surface area contributed by atoms with E-state index in [9.17, 15) is 9.90 Å². The third kappa shape index (κ3) is 2.64. The van der Waals surface area contributed by atoms with Crippen LogP contribution < -0.4 is 4.74 Å². The predicted molar refractivity (Wildman–Crippen MR) is 80.4 cm³/mol. The quantitative estimate of drug-likeness (QED) is 0.926. The van der Waals surface area contributed by atoms with Gasteiger partial charge >= 0.3 is 5.97 Å². The van der Waals surface area contributed by atoms with Crippen molar-refractivity contribution in [3.63, 3.8) is 0 Å². The molecule has 1 heterocycles. The molecule has 2 aliphatic rings. The molecular formula is C17H23NO3. The first-order chi connectivity index (χ1) is 10.1. The summed E-state index contributed by atoms with van der Waals surface area (Å²) in [4.78, 5) is 13.8. The molecule has 1 aromatic rings. The molecule has 114 valence electrons. The van der Waals surface area contributed by atoms with Crippen LogP contribution in [-0.4, -0.2) is 35.7 Å². The van der Waals surface area contributed by atoms with Crippen molar-refractivity contribution in [3.8, 4) is 5.75 Å². The van der Waals surface area contributed by atoms with Gasteiger partial charge in [-0.15, -0.1) is 0 Å². The average Bonchev–Trinajstić information content (AvgIpc) is 2.98. The van der Waals surface area contributed by atoms with Crippen molar-refractivity contribution in [2.45, 2.75) is 38.8 Å². The molecule has 1 saturated carbocycles. The van der Waals surface area contributed by atoms with Crippen LogP contribution in [0.5, 0.6) is 5.75 Å². The molecule has 4 nitrogen and oxygen atoms in total. The fraction of sp³-hybridized carbons (Fsp3) is 0.588. The van der Waals surface area contributed by atoms with Gasteiger partial charge in [-0.05, 0) is 37.7 Å². The highest BCUT2D eigenvalue weighted by molar-refractivity contribution is 5.74. The first-order valence-electron chi connectivity index (χ1n) is 7.70. The number of hydrogen-bond donors (Lipinski definition) is 1. The molecule has 4 heteroatoms. The summed E-state index contributed by atoms with van der Waals surface area (Å²) in [6.45, 7) is 3.61. The van der Waals surface area contributed by atoms with Gasteiger partial charge in [0.1, 0.15) is 11.8 Å². The average molecular weight is 289 g/mol. The second kappa shape index (κ2) is 5.68. The van der Waals surface area contributed by atoms with E-state index < -0.39 is 5.97 Å². The first-order valence-corrected chi connectivity index (χ1v) is 7.70. The number of methoxy groups -OCH3 is 1. The van der Waals surface area contributed by atoms with Gasteiger partial charge in [0, 0.05) is 18.7 Å². The van der Waals surface area contributed by atoms with Crippen LogP contribution in [0, 0.1) is 18.8 Å². The Labute approximate surface area is 125 Å².